The number of nitrogens with zero attached hydrogens (tertiary/aromatic N) is 2. The molecule has 120 valence electrons. The Labute approximate surface area is 128 Å². The highest BCUT2D eigenvalue weighted by molar-refractivity contribution is 5.90. The molecule has 0 saturated carbocycles. The lowest BCUT2D eigenvalue weighted by atomic mass is 9.92. The van der Waals surface area contributed by atoms with E-state index in [9.17, 15) is 4.79 Å². The van der Waals surface area contributed by atoms with E-state index in [1.807, 2.05) is 16.1 Å². The summed E-state index contributed by atoms with van der Waals surface area (Å²) in [6.45, 7) is 16.2. The minimum atomic E-state index is -0.167. The van der Waals surface area contributed by atoms with Crippen molar-refractivity contribution in [1.82, 2.24) is 9.78 Å². The fourth-order valence-electron chi connectivity index (χ4n) is 1.98. The Bertz CT molecular complexity index is 477. The number of anilines is 1. The first-order valence-electron chi connectivity index (χ1n) is 7.78. The van der Waals surface area contributed by atoms with E-state index < -0.39 is 0 Å². The van der Waals surface area contributed by atoms with Crippen LogP contribution >= 0.6 is 0 Å². The largest absolute Gasteiger partial charge is 0.338 e. The summed E-state index contributed by atoms with van der Waals surface area (Å²) < 4.78 is 1.91. The lowest BCUT2D eigenvalue weighted by Crippen LogP contribution is -2.86. The van der Waals surface area contributed by atoms with Gasteiger partial charge in [0.15, 0.2) is 6.54 Å². The summed E-state index contributed by atoms with van der Waals surface area (Å²) >= 11 is 0. The fraction of sp³-hybridized carbons (Fsp3) is 0.750. The van der Waals surface area contributed by atoms with Crippen LogP contribution in [0.15, 0.2) is 6.07 Å². The number of hydrogen-bond acceptors (Lipinski definition) is 2. The number of aromatic nitrogens is 2. The SMILES string of the molecule is CCC[NH2+]CC(=O)Nc1cc(C(C)(C)C)nn1C(C)(C)C. The van der Waals surface area contributed by atoms with Crippen LogP contribution < -0.4 is 10.6 Å². The summed E-state index contributed by atoms with van der Waals surface area (Å²) in [6.07, 6.45) is 1.07. The first-order valence-corrected chi connectivity index (χ1v) is 7.78. The molecule has 0 fully saturated rings. The van der Waals surface area contributed by atoms with Gasteiger partial charge in [0.05, 0.1) is 17.8 Å². The average Bonchev–Trinajstić information content (AvgIpc) is 2.72. The van der Waals surface area contributed by atoms with Gasteiger partial charge in [0, 0.05) is 11.5 Å². The molecule has 0 saturated heterocycles. The van der Waals surface area contributed by atoms with Gasteiger partial charge in [0.2, 0.25) is 0 Å². The maximum atomic E-state index is 12.0. The molecule has 1 amide bonds. The van der Waals surface area contributed by atoms with Gasteiger partial charge >= 0.3 is 0 Å². The maximum Gasteiger partial charge on any atom is 0.280 e. The third-order valence-electron chi connectivity index (χ3n) is 3.20. The van der Waals surface area contributed by atoms with Gasteiger partial charge in [-0.1, -0.05) is 27.7 Å². The number of nitrogens with one attached hydrogen (secondary N) is 1. The second-order valence-corrected chi connectivity index (χ2v) is 7.58. The van der Waals surface area contributed by atoms with E-state index in [0.29, 0.717) is 6.54 Å². The normalized spacial score (nSPS) is 12.5. The van der Waals surface area contributed by atoms with E-state index >= 15 is 0 Å². The molecule has 0 aliphatic heterocycles. The molecule has 21 heavy (non-hydrogen) atoms. The Morgan fingerprint density at radius 1 is 1.29 bits per heavy atom. The van der Waals surface area contributed by atoms with Crippen LogP contribution in [0.4, 0.5) is 5.82 Å². The molecule has 0 unspecified atom stereocenters. The zero-order chi connectivity index (χ0) is 16.3. The number of amides is 1. The quantitative estimate of drug-likeness (QED) is 0.814. The second-order valence-electron chi connectivity index (χ2n) is 7.58. The highest BCUT2D eigenvalue weighted by Gasteiger charge is 2.25. The summed E-state index contributed by atoms with van der Waals surface area (Å²) in [6, 6.07) is 1.99. The van der Waals surface area contributed by atoms with Crippen molar-refractivity contribution >= 4 is 11.7 Å². The lowest BCUT2D eigenvalue weighted by molar-refractivity contribution is -0.643. The molecule has 1 aromatic heterocycles. The minimum absolute atomic E-state index is 0.0225. The monoisotopic (exact) mass is 295 g/mol. The Balaban J connectivity index is 2.94. The Hall–Kier alpha value is -1.36. The van der Waals surface area contributed by atoms with E-state index in [1.54, 1.807) is 0 Å². The average molecular weight is 295 g/mol. The van der Waals surface area contributed by atoms with Gasteiger partial charge in [0.1, 0.15) is 5.82 Å². The number of carbonyl (C=O) groups excluding carboxylic acids is 1. The molecule has 1 heterocycles. The van der Waals surface area contributed by atoms with Crippen molar-refractivity contribution < 1.29 is 10.1 Å². The number of quaternary nitrogens is 1. The molecule has 1 aromatic rings. The van der Waals surface area contributed by atoms with Crippen LogP contribution in [-0.2, 0) is 15.7 Å². The van der Waals surface area contributed by atoms with Crippen molar-refractivity contribution in [2.75, 3.05) is 18.4 Å². The zero-order valence-electron chi connectivity index (χ0n) is 14.6. The third-order valence-corrected chi connectivity index (χ3v) is 3.20. The smallest absolute Gasteiger partial charge is 0.280 e. The van der Waals surface area contributed by atoms with Crippen molar-refractivity contribution in [1.29, 1.82) is 0 Å². The highest BCUT2D eigenvalue weighted by Crippen LogP contribution is 2.27. The van der Waals surface area contributed by atoms with Crippen molar-refractivity contribution in [2.45, 2.75) is 65.8 Å². The molecular formula is C16H31N4O+. The van der Waals surface area contributed by atoms with Crippen LogP contribution in [0.3, 0.4) is 0 Å². The van der Waals surface area contributed by atoms with Crippen LogP contribution in [0, 0.1) is 0 Å². The number of rotatable bonds is 5. The van der Waals surface area contributed by atoms with Crippen molar-refractivity contribution in [3.05, 3.63) is 11.8 Å². The van der Waals surface area contributed by atoms with Crippen LogP contribution in [0.25, 0.3) is 0 Å². The summed E-state index contributed by atoms with van der Waals surface area (Å²) in [7, 11) is 0. The topological polar surface area (TPSA) is 63.5 Å². The third kappa shape index (κ3) is 5.16. The van der Waals surface area contributed by atoms with Gasteiger partial charge in [-0.2, -0.15) is 5.10 Å². The van der Waals surface area contributed by atoms with Gasteiger partial charge in [-0.05, 0) is 27.2 Å². The van der Waals surface area contributed by atoms with E-state index in [0.717, 1.165) is 24.5 Å². The second kappa shape index (κ2) is 6.60. The maximum absolute atomic E-state index is 12.0. The molecule has 0 aromatic carbocycles. The molecule has 1 rings (SSSR count). The Kier molecular flexibility index (Phi) is 5.56. The number of hydrogen-bond donors (Lipinski definition) is 2. The predicted molar refractivity (Wildman–Crippen MR) is 86.5 cm³/mol. The summed E-state index contributed by atoms with van der Waals surface area (Å²) in [5.41, 5.74) is 0.786. The van der Waals surface area contributed by atoms with Gasteiger partial charge in [-0.25, -0.2) is 4.68 Å². The number of carbonyl (C=O) groups is 1. The van der Waals surface area contributed by atoms with E-state index in [4.69, 9.17) is 5.10 Å². The zero-order valence-corrected chi connectivity index (χ0v) is 14.6. The standard InChI is InChI=1S/C16H30N4O/c1-8-9-17-11-14(21)18-13-10-12(15(2,3)4)19-20(13)16(5,6)7/h10,17H,8-9,11H2,1-7H3,(H,18,21)/p+1. The van der Waals surface area contributed by atoms with Gasteiger partial charge in [-0.3, -0.25) is 4.79 Å². The molecular weight excluding hydrogens is 264 g/mol. The molecule has 0 bridgehead atoms. The number of nitrogens with two attached hydrogens (primary N) is 1. The van der Waals surface area contributed by atoms with Gasteiger partial charge in [-0.15, -0.1) is 0 Å². The lowest BCUT2D eigenvalue weighted by Gasteiger charge is -2.22. The molecule has 5 heteroatoms. The molecule has 5 nitrogen and oxygen atoms in total. The van der Waals surface area contributed by atoms with Crippen molar-refractivity contribution in [2.24, 2.45) is 0 Å². The summed E-state index contributed by atoms with van der Waals surface area (Å²) in [5, 5.41) is 9.72. The Morgan fingerprint density at radius 2 is 1.90 bits per heavy atom. The minimum Gasteiger partial charge on any atom is -0.338 e. The first-order chi connectivity index (χ1) is 9.55. The van der Waals surface area contributed by atoms with Crippen LogP contribution in [-0.4, -0.2) is 28.8 Å². The van der Waals surface area contributed by atoms with E-state index in [1.165, 1.54) is 0 Å². The summed E-state index contributed by atoms with van der Waals surface area (Å²) in [4.78, 5) is 12.0. The predicted octanol–water partition coefficient (Wildman–Crippen LogP) is 1.85. The molecule has 0 aliphatic rings. The van der Waals surface area contributed by atoms with Crippen molar-refractivity contribution in [3.8, 4) is 0 Å². The van der Waals surface area contributed by atoms with Crippen molar-refractivity contribution in [3.63, 3.8) is 0 Å². The van der Waals surface area contributed by atoms with Crippen LogP contribution in [0.5, 0.6) is 0 Å². The molecule has 0 spiro atoms. The molecule has 0 atom stereocenters. The molecule has 3 N–H and O–H groups in total. The molecule has 0 aliphatic carbocycles. The van der Waals surface area contributed by atoms with Crippen LogP contribution in [0.1, 0.15) is 60.6 Å². The fourth-order valence-corrected chi connectivity index (χ4v) is 1.98. The van der Waals surface area contributed by atoms with Gasteiger partial charge in [0.25, 0.3) is 5.91 Å². The molecule has 0 radical (unpaired) electrons. The van der Waals surface area contributed by atoms with E-state index in [-0.39, 0.29) is 16.9 Å². The summed E-state index contributed by atoms with van der Waals surface area (Å²) in [5.74, 6) is 0.802. The first kappa shape index (κ1) is 17.7. The van der Waals surface area contributed by atoms with E-state index in [2.05, 4.69) is 53.8 Å². The Morgan fingerprint density at radius 3 is 2.38 bits per heavy atom. The van der Waals surface area contributed by atoms with Crippen LogP contribution in [0.2, 0.25) is 0 Å². The van der Waals surface area contributed by atoms with Gasteiger partial charge < -0.3 is 10.6 Å². The highest BCUT2D eigenvalue weighted by atomic mass is 16.2.